The lowest BCUT2D eigenvalue weighted by Gasteiger charge is -2.25. The van der Waals surface area contributed by atoms with Crippen LogP contribution in [0, 0.1) is 6.92 Å². The van der Waals surface area contributed by atoms with Crippen LogP contribution in [0.15, 0.2) is 34.5 Å². The molecule has 0 spiro atoms. The van der Waals surface area contributed by atoms with Crippen LogP contribution in [0.25, 0.3) is 11.1 Å². The summed E-state index contributed by atoms with van der Waals surface area (Å²) in [6.07, 6.45) is 0. The van der Waals surface area contributed by atoms with Crippen molar-refractivity contribution in [2.75, 3.05) is 0 Å². The first-order chi connectivity index (χ1) is 12.1. The molecule has 0 fully saturated rings. The van der Waals surface area contributed by atoms with E-state index in [1.54, 1.807) is 11.8 Å². The third-order valence-electron chi connectivity index (χ3n) is 3.73. The van der Waals surface area contributed by atoms with Gasteiger partial charge in [-0.25, -0.2) is 13.6 Å². The van der Waals surface area contributed by atoms with Crippen molar-refractivity contribution in [2.45, 2.75) is 58.3 Å². The molecule has 0 bridgehead atoms. The lowest BCUT2D eigenvalue weighted by Crippen LogP contribution is -2.34. The highest BCUT2D eigenvalue weighted by Crippen LogP contribution is 2.34. The Morgan fingerprint density at radius 1 is 1.19 bits per heavy atom. The maximum Gasteiger partial charge on any atom is 0.248 e. The zero-order chi connectivity index (χ0) is 20.1. The summed E-state index contributed by atoms with van der Waals surface area (Å²) in [5, 5.41) is 5.31. The fraction of sp³-hybridized carbons (Fsp3) is 0.421. The number of nitrogens with two attached hydrogens (primary N) is 1. The fourth-order valence-corrected chi connectivity index (χ4v) is 4.65. The fourth-order valence-electron chi connectivity index (χ4n) is 2.55. The van der Waals surface area contributed by atoms with Gasteiger partial charge in [-0.1, -0.05) is 38.1 Å². The van der Waals surface area contributed by atoms with Crippen LogP contribution in [0.2, 0.25) is 0 Å². The molecule has 26 heavy (non-hydrogen) atoms. The van der Waals surface area contributed by atoms with Crippen LogP contribution in [0.5, 0.6) is 0 Å². The largest absolute Gasteiger partial charge is 0.336 e. The van der Waals surface area contributed by atoms with Crippen molar-refractivity contribution in [1.29, 1.82) is 0 Å². The minimum absolute atomic E-state index is 0.0269. The molecule has 2 aromatic rings. The van der Waals surface area contributed by atoms with Crippen LogP contribution < -0.4 is 5.14 Å². The van der Waals surface area contributed by atoms with Crippen LogP contribution in [0.1, 0.15) is 45.1 Å². The molecule has 0 atom stereocenters. The van der Waals surface area contributed by atoms with E-state index in [4.69, 9.17) is 5.14 Å². The van der Waals surface area contributed by atoms with Gasteiger partial charge in [0, 0.05) is 30.0 Å². The molecule has 1 aromatic carbocycles. The number of nitrogens with zero attached hydrogens (tertiary/aromatic N) is 1. The van der Waals surface area contributed by atoms with E-state index in [9.17, 15) is 13.2 Å². The van der Waals surface area contributed by atoms with Gasteiger partial charge in [0.05, 0.1) is 0 Å². The normalized spacial score (nSPS) is 11.1. The van der Waals surface area contributed by atoms with Crippen molar-refractivity contribution >= 4 is 27.3 Å². The SMILES string of the molecule is CC.CC(=O)N(Cc1ccc(-c2cc(C)sc2S(N)(=O)=O)cc1)C(C)C. The molecule has 0 aliphatic heterocycles. The van der Waals surface area contributed by atoms with Gasteiger partial charge >= 0.3 is 0 Å². The van der Waals surface area contributed by atoms with Crippen molar-refractivity contribution in [1.82, 2.24) is 4.90 Å². The summed E-state index contributed by atoms with van der Waals surface area (Å²) in [6, 6.07) is 9.50. The van der Waals surface area contributed by atoms with E-state index in [0.717, 1.165) is 16.0 Å². The lowest BCUT2D eigenvalue weighted by atomic mass is 10.1. The third-order valence-corrected chi connectivity index (χ3v) is 6.25. The first-order valence-electron chi connectivity index (χ1n) is 8.59. The summed E-state index contributed by atoms with van der Waals surface area (Å²) >= 11 is 1.17. The van der Waals surface area contributed by atoms with E-state index in [2.05, 4.69) is 0 Å². The van der Waals surface area contributed by atoms with Gasteiger partial charge in [0.1, 0.15) is 4.21 Å². The molecule has 2 rings (SSSR count). The molecule has 5 nitrogen and oxygen atoms in total. The molecule has 0 saturated carbocycles. The van der Waals surface area contributed by atoms with Gasteiger partial charge in [0.2, 0.25) is 15.9 Å². The van der Waals surface area contributed by atoms with Crippen molar-refractivity contribution in [3.8, 4) is 11.1 Å². The number of hydrogen-bond donors (Lipinski definition) is 1. The first-order valence-corrected chi connectivity index (χ1v) is 11.0. The minimum Gasteiger partial charge on any atom is -0.336 e. The van der Waals surface area contributed by atoms with Crippen molar-refractivity contribution in [3.05, 3.63) is 40.8 Å². The van der Waals surface area contributed by atoms with E-state index in [0.29, 0.717) is 12.1 Å². The highest BCUT2D eigenvalue weighted by atomic mass is 32.2. The lowest BCUT2D eigenvalue weighted by molar-refractivity contribution is -0.131. The van der Waals surface area contributed by atoms with Crippen LogP contribution in [0.4, 0.5) is 0 Å². The van der Waals surface area contributed by atoms with Crippen LogP contribution in [0.3, 0.4) is 0 Å². The first kappa shape index (κ1) is 22.3. The Morgan fingerprint density at radius 2 is 1.73 bits per heavy atom. The molecule has 1 amide bonds. The predicted molar refractivity (Wildman–Crippen MR) is 109 cm³/mol. The number of primary sulfonamides is 1. The van der Waals surface area contributed by atoms with Crippen LogP contribution in [-0.4, -0.2) is 25.3 Å². The number of aryl methyl sites for hydroxylation is 1. The molecular formula is C19H28N2O3S2. The Morgan fingerprint density at radius 3 is 2.15 bits per heavy atom. The van der Waals surface area contributed by atoms with Gasteiger partial charge in [0.15, 0.2) is 0 Å². The van der Waals surface area contributed by atoms with Gasteiger partial charge in [-0.3, -0.25) is 4.79 Å². The second kappa shape index (κ2) is 9.30. The Bertz CT molecular complexity index is 838. The summed E-state index contributed by atoms with van der Waals surface area (Å²) < 4.78 is 23.7. The third kappa shape index (κ3) is 5.65. The standard InChI is InChI=1S/C17H22N2O3S2.C2H6/c1-11(2)19(13(4)20)10-14-5-7-15(8-6-14)16-9-12(3)23-17(16)24(18,21)22;1-2/h5-9,11H,10H2,1-4H3,(H2,18,21,22);1-2H3. The average Bonchev–Trinajstić information content (AvgIpc) is 2.96. The van der Waals surface area contributed by atoms with Gasteiger partial charge in [0.25, 0.3) is 0 Å². The molecule has 7 heteroatoms. The van der Waals surface area contributed by atoms with E-state index < -0.39 is 10.0 Å². The van der Waals surface area contributed by atoms with Crippen molar-refractivity contribution < 1.29 is 13.2 Å². The minimum atomic E-state index is -3.75. The van der Waals surface area contributed by atoms with Gasteiger partial charge in [-0.05, 0) is 38.0 Å². The molecule has 1 aromatic heterocycles. The van der Waals surface area contributed by atoms with Gasteiger partial charge in [-0.2, -0.15) is 0 Å². The maximum absolute atomic E-state index is 11.7. The average molecular weight is 397 g/mol. The number of carbonyl (C=O) groups is 1. The molecule has 0 saturated heterocycles. The topological polar surface area (TPSA) is 80.5 Å². The Balaban J connectivity index is 0.00000163. The highest BCUT2D eigenvalue weighted by molar-refractivity contribution is 7.91. The molecule has 144 valence electrons. The van der Waals surface area contributed by atoms with Crippen LogP contribution >= 0.6 is 11.3 Å². The Hall–Kier alpha value is -1.70. The van der Waals surface area contributed by atoms with Crippen LogP contribution in [-0.2, 0) is 21.4 Å². The number of hydrogen-bond acceptors (Lipinski definition) is 4. The van der Waals surface area contributed by atoms with Crippen molar-refractivity contribution in [3.63, 3.8) is 0 Å². The number of amides is 1. The maximum atomic E-state index is 11.7. The highest BCUT2D eigenvalue weighted by Gasteiger charge is 2.19. The van der Waals surface area contributed by atoms with E-state index in [-0.39, 0.29) is 16.2 Å². The summed E-state index contributed by atoms with van der Waals surface area (Å²) in [6.45, 7) is 11.9. The predicted octanol–water partition coefficient (Wildman–Crippen LogP) is 4.15. The Labute approximate surface area is 160 Å². The Kier molecular flexibility index (Phi) is 7.99. The number of rotatable bonds is 5. The molecule has 1 heterocycles. The summed E-state index contributed by atoms with van der Waals surface area (Å²) in [4.78, 5) is 14.3. The van der Waals surface area contributed by atoms with Crippen molar-refractivity contribution in [2.24, 2.45) is 5.14 Å². The van der Waals surface area contributed by atoms with E-state index in [1.807, 2.05) is 65.0 Å². The molecule has 0 radical (unpaired) electrons. The van der Waals surface area contributed by atoms with E-state index in [1.165, 1.54) is 11.3 Å². The second-order valence-electron chi connectivity index (χ2n) is 6.04. The monoisotopic (exact) mass is 396 g/mol. The zero-order valence-electron chi connectivity index (χ0n) is 16.2. The zero-order valence-corrected chi connectivity index (χ0v) is 17.9. The summed E-state index contributed by atoms with van der Waals surface area (Å²) in [5.41, 5.74) is 2.41. The van der Waals surface area contributed by atoms with Gasteiger partial charge in [-0.15, -0.1) is 11.3 Å². The number of benzene rings is 1. The molecule has 0 aliphatic carbocycles. The molecule has 0 aliphatic rings. The summed E-state index contributed by atoms with van der Waals surface area (Å²) in [5.74, 6) is 0.0269. The number of carbonyl (C=O) groups excluding carboxylic acids is 1. The molecule has 0 unspecified atom stereocenters. The van der Waals surface area contributed by atoms with Gasteiger partial charge < -0.3 is 4.90 Å². The summed E-state index contributed by atoms with van der Waals surface area (Å²) in [7, 11) is -3.75. The molecular weight excluding hydrogens is 368 g/mol. The second-order valence-corrected chi connectivity index (χ2v) is 9.05. The quantitative estimate of drug-likeness (QED) is 0.824. The number of sulfonamides is 1. The number of thiophene rings is 1. The van der Waals surface area contributed by atoms with E-state index >= 15 is 0 Å². The molecule has 2 N–H and O–H groups in total. The smallest absolute Gasteiger partial charge is 0.248 e.